The fourth-order valence-corrected chi connectivity index (χ4v) is 2.68. The van der Waals surface area contributed by atoms with Gasteiger partial charge in [0.2, 0.25) is 0 Å². The topological polar surface area (TPSA) is 58.7 Å². The number of hydrogen-bond donors (Lipinski definition) is 1. The molecule has 1 aromatic rings. The first-order valence-electron chi connectivity index (χ1n) is 6.82. The number of nitrogens with zero attached hydrogens (tertiary/aromatic N) is 2. The van der Waals surface area contributed by atoms with E-state index in [1.165, 1.54) is 0 Å². The fourth-order valence-electron chi connectivity index (χ4n) is 2.68. The molecular formula is C15H21N3O. The van der Waals surface area contributed by atoms with Crippen LogP contribution in [0.1, 0.15) is 32.3 Å². The third kappa shape index (κ3) is 2.95. The van der Waals surface area contributed by atoms with Gasteiger partial charge in [0.15, 0.2) is 0 Å². The molecule has 2 N–H and O–H groups in total. The largest absolute Gasteiger partial charge is 0.385 e. The predicted octanol–water partition coefficient (Wildman–Crippen LogP) is 2.78. The van der Waals surface area contributed by atoms with Crippen molar-refractivity contribution in [3.8, 4) is 0 Å². The summed E-state index contributed by atoms with van der Waals surface area (Å²) in [6.45, 7) is 4.85. The van der Waals surface area contributed by atoms with E-state index in [0.29, 0.717) is 18.3 Å². The normalized spacial score (nSPS) is 20.5. The molecule has 4 heteroatoms. The summed E-state index contributed by atoms with van der Waals surface area (Å²) in [5.41, 5.74) is 7.04. The molecule has 0 saturated heterocycles. The van der Waals surface area contributed by atoms with Gasteiger partial charge in [0.1, 0.15) is 5.84 Å². The number of rotatable bonds is 5. The molecular weight excluding hydrogens is 238 g/mol. The molecule has 1 aliphatic rings. The molecule has 0 aliphatic carbocycles. The van der Waals surface area contributed by atoms with Crippen LogP contribution in [-0.4, -0.2) is 22.8 Å². The van der Waals surface area contributed by atoms with Crippen LogP contribution in [0, 0.1) is 5.92 Å². The minimum Gasteiger partial charge on any atom is -0.385 e. The highest BCUT2D eigenvalue weighted by atomic mass is 16.2. The van der Waals surface area contributed by atoms with E-state index in [1.54, 1.807) is 4.90 Å². The average Bonchev–Trinajstić information content (AvgIpc) is 2.66. The van der Waals surface area contributed by atoms with Crippen LogP contribution in [0.2, 0.25) is 0 Å². The number of hydrogen-bond acceptors (Lipinski definition) is 2. The van der Waals surface area contributed by atoms with E-state index in [-0.39, 0.29) is 12.1 Å². The highest BCUT2D eigenvalue weighted by Crippen LogP contribution is 2.24. The van der Waals surface area contributed by atoms with Gasteiger partial charge in [-0.15, -0.1) is 0 Å². The van der Waals surface area contributed by atoms with Crippen LogP contribution in [-0.2, 0) is 6.54 Å². The smallest absolute Gasteiger partial charge is 0.346 e. The average molecular weight is 259 g/mol. The molecule has 102 valence electrons. The Labute approximate surface area is 114 Å². The van der Waals surface area contributed by atoms with Crippen molar-refractivity contribution in [2.75, 3.05) is 0 Å². The second kappa shape index (κ2) is 5.87. The molecule has 0 aromatic heterocycles. The van der Waals surface area contributed by atoms with Crippen molar-refractivity contribution in [3.63, 3.8) is 0 Å². The maximum absolute atomic E-state index is 12.0. The second-order valence-electron chi connectivity index (χ2n) is 5.14. The molecule has 2 rings (SSSR count). The maximum Gasteiger partial charge on any atom is 0.346 e. The molecule has 0 saturated carbocycles. The number of nitrogens with two attached hydrogens (primary N) is 1. The Kier molecular flexibility index (Phi) is 4.20. The van der Waals surface area contributed by atoms with Crippen LogP contribution in [0.4, 0.5) is 4.79 Å². The molecule has 0 bridgehead atoms. The van der Waals surface area contributed by atoms with Crippen molar-refractivity contribution in [3.05, 3.63) is 35.9 Å². The van der Waals surface area contributed by atoms with Crippen LogP contribution < -0.4 is 5.73 Å². The van der Waals surface area contributed by atoms with Gasteiger partial charge < -0.3 is 10.6 Å². The van der Waals surface area contributed by atoms with Gasteiger partial charge in [0.25, 0.3) is 0 Å². The van der Waals surface area contributed by atoms with Crippen LogP contribution in [0.3, 0.4) is 0 Å². The summed E-state index contributed by atoms with van der Waals surface area (Å²) >= 11 is 0. The predicted molar refractivity (Wildman–Crippen MR) is 76.9 cm³/mol. The standard InChI is InChI=1S/C15H21N3O/c1-3-7-11(2)13-14(16)17-15(19)18(13)10-12-8-5-4-6-9-12/h4-6,8-9,11,13H,3,7,10H2,1-2H3,(H2,16,17,19). The van der Waals surface area contributed by atoms with Gasteiger partial charge in [-0.25, -0.2) is 4.79 Å². The number of urea groups is 1. The number of benzene rings is 1. The number of aliphatic imine (C=N–C) groups is 1. The lowest BCUT2D eigenvalue weighted by atomic mass is 9.95. The Morgan fingerprint density at radius 3 is 2.68 bits per heavy atom. The number of amides is 2. The van der Waals surface area contributed by atoms with Crippen molar-refractivity contribution in [2.24, 2.45) is 16.6 Å². The summed E-state index contributed by atoms with van der Waals surface area (Å²) < 4.78 is 0. The van der Waals surface area contributed by atoms with Gasteiger partial charge in [-0.1, -0.05) is 50.6 Å². The Morgan fingerprint density at radius 1 is 1.37 bits per heavy atom. The molecule has 1 aromatic carbocycles. The molecule has 1 aliphatic heterocycles. The first-order chi connectivity index (χ1) is 9.13. The van der Waals surface area contributed by atoms with E-state index in [9.17, 15) is 4.79 Å². The highest BCUT2D eigenvalue weighted by Gasteiger charge is 2.36. The molecule has 4 nitrogen and oxygen atoms in total. The SMILES string of the molecule is CCCC(C)C1C(N)=NC(=O)N1Cc1ccccc1. The molecule has 0 radical (unpaired) electrons. The maximum atomic E-state index is 12.0. The van der Waals surface area contributed by atoms with E-state index in [4.69, 9.17) is 5.73 Å². The molecule has 0 spiro atoms. The molecule has 19 heavy (non-hydrogen) atoms. The van der Waals surface area contributed by atoms with Crippen LogP contribution in [0.25, 0.3) is 0 Å². The Hall–Kier alpha value is -1.84. The van der Waals surface area contributed by atoms with Crippen LogP contribution in [0.15, 0.2) is 35.3 Å². The van der Waals surface area contributed by atoms with Gasteiger partial charge in [-0.3, -0.25) is 0 Å². The second-order valence-corrected chi connectivity index (χ2v) is 5.14. The molecule has 2 unspecified atom stereocenters. The third-order valence-electron chi connectivity index (χ3n) is 3.59. The zero-order valence-corrected chi connectivity index (χ0v) is 11.5. The first kappa shape index (κ1) is 13.6. The van der Waals surface area contributed by atoms with Crippen LogP contribution >= 0.6 is 0 Å². The number of carbonyl (C=O) groups is 1. The van der Waals surface area contributed by atoms with Crippen molar-refractivity contribution >= 4 is 11.9 Å². The van der Waals surface area contributed by atoms with E-state index in [0.717, 1.165) is 18.4 Å². The summed E-state index contributed by atoms with van der Waals surface area (Å²) in [6.07, 6.45) is 2.12. The van der Waals surface area contributed by atoms with Crippen molar-refractivity contribution in [1.82, 2.24) is 4.90 Å². The summed E-state index contributed by atoms with van der Waals surface area (Å²) in [6, 6.07) is 9.68. The monoisotopic (exact) mass is 259 g/mol. The summed E-state index contributed by atoms with van der Waals surface area (Å²) in [4.78, 5) is 17.7. The van der Waals surface area contributed by atoms with Crippen molar-refractivity contribution in [1.29, 1.82) is 0 Å². The number of carbonyl (C=O) groups excluding carboxylic acids is 1. The van der Waals surface area contributed by atoms with Gasteiger partial charge in [-0.05, 0) is 17.9 Å². The van der Waals surface area contributed by atoms with Gasteiger partial charge in [0.05, 0.1) is 6.04 Å². The summed E-state index contributed by atoms with van der Waals surface area (Å²) in [5.74, 6) is 0.797. The molecule has 2 atom stereocenters. The minimum absolute atomic E-state index is 0.0624. The van der Waals surface area contributed by atoms with Crippen LogP contribution in [0.5, 0.6) is 0 Å². The van der Waals surface area contributed by atoms with E-state index < -0.39 is 0 Å². The zero-order valence-electron chi connectivity index (χ0n) is 11.5. The minimum atomic E-state index is -0.214. The fraction of sp³-hybridized carbons (Fsp3) is 0.467. The Balaban J connectivity index is 2.15. The highest BCUT2D eigenvalue weighted by molar-refractivity contribution is 6.02. The van der Waals surface area contributed by atoms with Crippen molar-refractivity contribution in [2.45, 2.75) is 39.3 Å². The number of amidine groups is 1. The van der Waals surface area contributed by atoms with E-state index >= 15 is 0 Å². The Morgan fingerprint density at radius 2 is 2.05 bits per heavy atom. The lowest BCUT2D eigenvalue weighted by Gasteiger charge is -2.29. The summed E-state index contributed by atoms with van der Waals surface area (Å²) in [7, 11) is 0. The van der Waals surface area contributed by atoms with Gasteiger partial charge >= 0.3 is 6.03 Å². The van der Waals surface area contributed by atoms with E-state index in [1.807, 2.05) is 30.3 Å². The third-order valence-corrected chi connectivity index (χ3v) is 3.59. The lowest BCUT2D eigenvalue weighted by molar-refractivity contribution is 0.186. The summed E-state index contributed by atoms with van der Waals surface area (Å²) in [5, 5.41) is 0. The van der Waals surface area contributed by atoms with E-state index in [2.05, 4.69) is 18.8 Å². The quantitative estimate of drug-likeness (QED) is 0.884. The first-order valence-corrected chi connectivity index (χ1v) is 6.82. The molecule has 0 fully saturated rings. The Bertz CT molecular complexity index is 470. The molecule has 2 amide bonds. The lowest BCUT2D eigenvalue weighted by Crippen LogP contribution is -2.44. The zero-order chi connectivity index (χ0) is 13.8. The molecule has 1 heterocycles. The van der Waals surface area contributed by atoms with Gasteiger partial charge in [0, 0.05) is 6.54 Å². The van der Waals surface area contributed by atoms with Gasteiger partial charge in [-0.2, -0.15) is 4.99 Å². The van der Waals surface area contributed by atoms with Crippen molar-refractivity contribution < 1.29 is 4.79 Å².